The van der Waals surface area contributed by atoms with Crippen LogP contribution in [0.3, 0.4) is 0 Å². The van der Waals surface area contributed by atoms with Crippen molar-refractivity contribution >= 4 is 16.6 Å². The Hall–Kier alpha value is -3.10. The van der Waals surface area contributed by atoms with Gasteiger partial charge in [0.2, 0.25) is 5.89 Å². The van der Waals surface area contributed by atoms with E-state index in [-0.39, 0.29) is 23.5 Å². The highest BCUT2D eigenvalue weighted by molar-refractivity contribution is 5.79. The van der Waals surface area contributed by atoms with Gasteiger partial charge in [-0.25, -0.2) is 4.98 Å². The van der Waals surface area contributed by atoms with E-state index in [4.69, 9.17) is 4.52 Å². The minimum atomic E-state index is -0.554. The molecular formula is C13H11N5O4. The summed E-state index contributed by atoms with van der Waals surface area (Å²) in [5.74, 6) is 0.831. The highest BCUT2D eigenvalue weighted by Gasteiger charge is 2.12. The molecule has 0 atom stereocenters. The summed E-state index contributed by atoms with van der Waals surface area (Å²) in [5, 5.41) is 14.7. The van der Waals surface area contributed by atoms with Gasteiger partial charge in [0, 0.05) is 18.6 Å². The number of fused-ring (bicyclic) bond motifs is 1. The van der Waals surface area contributed by atoms with Crippen molar-refractivity contribution < 1.29 is 9.45 Å². The molecule has 0 aliphatic rings. The highest BCUT2D eigenvalue weighted by Crippen LogP contribution is 2.16. The second kappa shape index (κ2) is 5.35. The number of hydrogen-bond acceptors (Lipinski definition) is 7. The van der Waals surface area contributed by atoms with E-state index >= 15 is 0 Å². The van der Waals surface area contributed by atoms with Crippen LogP contribution in [-0.2, 0) is 13.0 Å². The fraction of sp³-hybridized carbons (Fsp3) is 0.231. The minimum Gasteiger partial charge on any atom is -0.337 e. The third-order valence-corrected chi connectivity index (χ3v) is 3.15. The van der Waals surface area contributed by atoms with E-state index in [2.05, 4.69) is 15.1 Å². The lowest BCUT2D eigenvalue weighted by Crippen LogP contribution is -2.21. The summed E-state index contributed by atoms with van der Waals surface area (Å²) in [6.45, 7) is 1.95. The molecule has 0 amide bonds. The number of hydrogen-bond donors (Lipinski definition) is 0. The Morgan fingerprint density at radius 2 is 2.23 bits per heavy atom. The summed E-state index contributed by atoms with van der Waals surface area (Å²) in [4.78, 5) is 30.9. The van der Waals surface area contributed by atoms with Crippen LogP contribution in [0, 0.1) is 10.1 Å². The molecule has 0 fully saturated rings. The average Bonchev–Trinajstić information content (AvgIpc) is 2.97. The lowest BCUT2D eigenvalue weighted by Gasteiger charge is -2.03. The largest absolute Gasteiger partial charge is 0.337 e. The van der Waals surface area contributed by atoms with Crippen molar-refractivity contribution in [3.63, 3.8) is 0 Å². The van der Waals surface area contributed by atoms with Crippen LogP contribution in [-0.4, -0.2) is 24.6 Å². The van der Waals surface area contributed by atoms with Crippen LogP contribution < -0.4 is 5.56 Å². The van der Waals surface area contributed by atoms with Crippen LogP contribution in [0.25, 0.3) is 10.9 Å². The first kappa shape index (κ1) is 13.9. The number of aromatic nitrogens is 4. The van der Waals surface area contributed by atoms with E-state index in [0.29, 0.717) is 17.8 Å². The molecule has 0 radical (unpaired) electrons. The van der Waals surface area contributed by atoms with E-state index in [1.54, 1.807) is 0 Å². The SMILES string of the molecule is CCc1noc(Cn2cnc3ccc([N+](=O)[O-])cc3c2=O)n1. The molecule has 3 aromatic rings. The molecule has 0 aliphatic carbocycles. The zero-order valence-electron chi connectivity index (χ0n) is 11.6. The predicted octanol–water partition coefficient (Wildman–Crippen LogP) is 1.30. The fourth-order valence-corrected chi connectivity index (χ4v) is 2.02. The van der Waals surface area contributed by atoms with Gasteiger partial charge in [-0.05, 0) is 6.07 Å². The normalized spacial score (nSPS) is 11.0. The van der Waals surface area contributed by atoms with Crippen molar-refractivity contribution in [2.75, 3.05) is 0 Å². The standard InChI is InChI=1S/C13H11N5O4/c1-2-11-15-12(22-16-11)6-17-7-14-10-4-3-8(18(20)21)5-9(10)13(17)19/h3-5,7H,2,6H2,1H3. The monoisotopic (exact) mass is 301 g/mol. The average molecular weight is 301 g/mol. The van der Waals surface area contributed by atoms with Crippen LogP contribution in [0.4, 0.5) is 5.69 Å². The molecule has 0 N–H and O–H groups in total. The highest BCUT2D eigenvalue weighted by atomic mass is 16.6. The molecule has 3 rings (SSSR count). The van der Waals surface area contributed by atoms with Crippen molar-refractivity contribution in [2.45, 2.75) is 19.9 Å². The van der Waals surface area contributed by atoms with Gasteiger partial charge in [0.1, 0.15) is 6.54 Å². The molecule has 1 aromatic carbocycles. The van der Waals surface area contributed by atoms with E-state index in [1.807, 2.05) is 6.92 Å². The molecule has 0 bridgehead atoms. The Labute approximate surface area is 123 Å². The van der Waals surface area contributed by atoms with Crippen molar-refractivity contribution in [2.24, 2.45) is 0 Å². The van der Waals surface area contributed by atoms with Gasteiger partial charge < -0.3 is 4.52 Å². The number of nitro benzene ring substituents is 1. The van der Waals surface area contributed by atoms with Crippen LogP contribution in [0.15, 0.2) is 33.8 Å². The molecule has 22 heavy (non-hydrogen) atoms. The lowest BCUT2D eigenvalue weighted by molar-refractivity contribution is -0.384. The molecule has 9 heteroatoms. The van der Waals surface area contributed by atoms with Gasteiger partial charge in [0.25, 0.3) is 11.2 Å². The molecule has 0 saturated heterocycles. The number of nitro groups is 1. The Balaban J connectivity index is 2.05. The van der Waals surface area contributed by atoms with Gasteiger partial charge in [-0.2, -0.15) is 4.98 Å². The van der Waals surface area contributed by atoms with Crippen molar-refractivity contribution in [3.8, 4) is 0 Å². The van der Waals surface area contributed by atoms with E-state index in [0.717, 1.165) is 0 Å². The summed E-state index contributed by atoms with van der Waals surface area (Å²) in [6.07, 6.45) is 1.98. The second-order valence-corrected chi connectivity index (χ2v) is 4.59. The molecular weight excluding hydrogens is 290 g/mol. The van der Waals surface area contributed by atoms with Gasteiger partial charge in [0.15, 0.2) is 5.82 Å². The maximum Gasteiger partial charge on any atom is 0.270 e. The van der Waals surface area contributed by atoms with Crippen LogP contribution >= 0.6 is 0 Å². The smallest absolute Gasteiger partial charge is 0.270 e. The van der Waals surface area contributed by atoms with E-state index in [1.165, 1.54) is 29.1 Å². The van der Waals surface area contributed by atoms with Crippen molar-refractivity contribution in [3.05, 3.63) is 56.7 Å². The van der Waals surface area contributed by atoms with Gasteiger partial charge in [0.05, 0.1) is 22.2 Å². The minimum absolute atomic E-state index is 0.0669. The number of aryl methyl sites for hydroxylation is 1. The van der Waals surface area contributed by atoms with Crippen molar-refractivity contribution in [1.82, 2.24) is 19.7 Å². The number of nitrogens with zero attached hydrogens (tertiary/aromatic N) is 5. The summed E-state index contributed by atoms with van der Waals surface area (Å²) in [7, 11) is 0. The van der Waals surface area contributed by atoms with Gasteiger partial charge in [-0.1, -0.05) is 12.1 Å². The number of rotatable bonds is 4. The van der Waals surface area contributed by atoms with Gasteiger partial charge in [-0.15, -0.1) is 0 Å². The Morgan fingerprint density at radius 1 is 1.41 bits per heavy atom. The Kier molecular flexibility index (Phi) is 3.37. The summed E-state index contributed by atoms with van der Waals surface area (Å²) in [5.41, 5.74) is -0.160. The Morgan fingerprint density at radius 3 is 2.91 bits per heavy atom. The topological polar surface area (TPSA) is 117 Å². The summed E-state index contributed by atoms with van der Waals surface area (Å²) < 4.78 is 6.31. The Bertz CT molecular complexity index is 914. The zero-order chi connectivity index (χ0) is 15.7. The maximum atomic E-state index is 12.4. The fourth-order valence-electron chi connectivity index (χ4n) is 2.02. The molecule has 9 nitrogen and oxygen atoms in total. The third kappa shape index (κ3) is 2.43. The molecule has 0 spiro atoms. The quantitative estimate of drug-likeness (QED) is 0.526. The summed E-state index contributed by atoms with van der Waals surface area (Å²) >= 11 is 0. The number of non-ortho nitro benzene ring substituents is 1. The van der Waals surface area contributed by atoms with E-state index in [9.17, 15) is 14.9 Å². The first-order valence-corrected chi connectivity index (χ1v) is 6.53. The molecule has 0 unspecified atom stereocenters. The zero-order valence-corrected chi connectivity index (χ0v) is 11.6. The molecule has 2 heterocycles. The van der Waals surface area contributed by atoms with Crippen LogP contribution in [0.1, 0.15) is 18.6 Å². The molecule has 2 aromatic heterocycles. The van der Waals surface area contributed by atoms with E-state index < -0.39 is 10.5 Å². The second-order valence-electron chi connectivity index (χ2n) is 4.59. The third-order valence-electron chi connectivity index (χ3n) is 3.15. The molecule has 0 aliphatic heterocycles. The first-order valence-electron chi connectivity index (χ1n) is 6.53. The van der Waals surface area contributed by atoms with Gasteiger partial charge >= 0.3 is 0 Å². The van der Waals surface area contributed by atoms with Crippen molar-refractivity contribution in [1.29, 1.82) is 0 Å². The lowest BCUT2D eigenvalue weighted by atomic mass is 10.2. The summed E-state index contributed by atoms with van der Waals surface area (Å²) in [6, 6.07) is 3.97. The first-order chi connectivity index (χ1) is 10.6. The number of benzene rings is 1. The van der Waals surface area contributed by atoms with Gasteiger partial charge in [-0.3, -0.25) is 19.5 Å². The predicted molar refractivity (Wildman–Crippen MR) is 75.4 cm³/mol. The van der Waals surface area contributed by atoms with Crippen LogP contribution in [0.2, 0.25) is 0 Å². The maximum absolute atomic E-state index is 12.4. The van der Waals surface area contributed by atoms with Crippen LogP contribution in [0.5, 0.6) is 0 Å². The molecule has 0 saturated carbocycles. The molecule has 112 valence electrons.